The van der Waals surface area contributed by atoms with Gasteiger partial charge in [0.05, 0.1) is 16.3 Å². The zero-order valence-corrected chi connectivity index (χ0v) is 23.7. The topological polar surface area (TPSA) is 115 Å². The Labute approximate surface area is 245 Å². The highest BCUT2D eigenvalue weighted by atomic mass is 79.9. The van der Waals surface area contributed by atoms with E-state index >= 15 is 0 Å². The Morgan fingerprint density at radius 3 is 2.40 bits per heavy atom. The van der Waals surface area contributed by atoms with Crippen LogP contribution in [0.5, 0.6) is 17.2 Å². The molecule has 0 spiro atoms. The van der Waals surface area contributed by atoms with E-state index in [0.717, 1.165) is 0 Å². The average Bonchev–Trinajstić information content (AvgIpc) is 3.43. The van der Waals surface area contributed by atoms with Crippen LogP contribution in [0.3, 0.4) is 0 Å². The first-order valence-electron chi connectivity index (χ1n) is 11.8. The molecule has 0 radical (unpaired) electrons. The monoisotopic (exact) mass is 663 g/mol. The molecule has 2 N–H and O–H groups in total. The third-order valence-corrected chi connectivity index (χ3v) is 6.68. The number of hydrazone groups is 1. The molecule has 9 nitrogen and oxygen atoms in total. The van der Waals surface area contributed by atoms with Gasteiger partial charge in [0.25, 0.3) is 11.8 Å². The molecule has 0 bridgehead atoms. The van der Waals surface area contributed by atoms with Gasteiger partial charge in [-0.05, 0) is 76.6 Å². The van der Waals surface area contributed by atoms with Crippen LogP contribution in [0.2, 0.25) is 0 Å². The lowest BCUT2D eigenvalue weighted by Gasteiger charge is -2.11. The summed E-state index contributed by atoms with van der Waals surface area (Å²) in [7, 11) is 0. The number of benzene rings is 4. The summed E-state index contributed by atoms with van der Waals surface area (Å²) in [6.07, 6.45) is 1.36. The number of ether oxygens (including phenoxy) is 3. The first-order chi connectivity index (χ1) is 19.4. The lowest BCUT2D eigenvalue weighted by Crippen LogP contribution is -2.18. The molecule has 1 heterocycles. The molecule has 11 heteroatoms. The Balaban J connectivity index is 1.28. The fraction of sp³-hybridized carbons (Fsp3) is 0.0345. The summed E-state index contributed by atoms with van der Waals surface area (Å²) in [5, 5.41) is 6.81. The molecule has 0 unspecified atom stereocenters. The van der Waals surface area contributed by atoms with Gasteiger partial charge < -0.3 is 19.5 Å². The summed E-state index contributed by atoms with van der Waals surface area (Å²) in [4.78, 5) is 38.1. The number of anilines is 1. The maximum Gasteiger partial charge on any atom is 0.343 e. The maximum atomic E-state index is 12.9. The molecule has 200 valence electrons. The van der Waals surface area contributed by atoms with Gasteiger partial charge in [0.15, 0.2) is 17.2 Å². The largest absolute Gasteiger partial charge is 0.454 e. The van der Waals surface area contributed by atoms with Crippen molar-refractivity contribution >= 4 is 61.5 Å². The van der Waals surface area contributed by atoms with Crippen molar-refractivity contribution in [2.45, 2.75) is 0 Å². The van der Waals surface area contributed by atoms with Crippen molar-refractivity contribution in [2.75, 3.05) is 12.1 Å². The first kappa shape index (κ1) is 27.1. The van der Waals surface area contributed by atoms with Crippen molar-refractivity contribution in [3.63, 3.8) is 0 Å². The molecule has 1 aliphatic heterocycles. The van der Waals surface area contributed by atoms with E-state index in [9.17, 15) is 14.4 Å². The van der Waals surface area contributed by atoms with Gasteiger partial charge >= 0.3 is 5.97 Å². The standard InChI is InChI=1S/C29H19Br2N3O6/c30-21-11-20(26(23(31)14-21)40-29(37)19-9-10-24-25(13-19)39-16-38-24)15-32-34-28(36)18-7-4-8-22(12-18)33-27(35)17-5-2-1-3-6-17/h1-15H,16H2,(H,33,35)(H,34,36). The minimum atomic E-state index is -0.616. The van der Waals surface area contributed by atoms with Crippen molar-refractivity contribution in [3.05, 3.63) is 116 Å². The predicted molar refractivity (Wildman–Crippen MR) is 155 cm³/mol. The highest BCUT2D eigenvalue weighted by Gasteiger charge is 2.20. The van der Waals surface area contributed by atoms with Gasteiger partial charge in [-0.15, -0.1) is 0 Å². The van der Waals surface area contributed by atoms with Crippen LogP contribution in [0, 0.1) is 0 Å². The van der Waals surface area contributed by atoms with Gasteiger partial charge in [0.1, 0.15) is 0 Å². The van der Waals surface area contributed by atoms with E-state index in [4.69, 9.17) is 14.2 Å². The summed E-state index contributed by atoms with van der Waals surface area (Å²) < 4.78 is 17.5. The van der Waals surface area contributed by atoms with Crippen molar-refractivity contribution in [3.8, 4) is 17.2 Å². The molecule has 0 saturated carbocycles. The molecule has 0 atom stereocenters. The van der Waals surface area contributed by atoms with Crippen molar-refractivity contribution in [1.29, 1.82) is 0 Å². The fourth-order valence-electron chi connectivity index (χ4n) is 3.71. The molecule has 40 heavy (non-hydrogen) atoms. The molecule has 0 aromatic heterocycles. The van der Waals surface area contributed by atoms with Crippen LogP contribution < -0.4 is 25.0 Å². The second-order valence-corrected chi connectivity index (χ2v) is 10.1. The number of halogens is 2. The SMILES string of the molecule is O=C(NN=Cc1cc(Br)cc(Br)c1OC(=O)c1ccc2c(c1)OCO2)c1cccc(NC(=O)c2ccccc2)c1. The minimum Gasteiger partial charge on any atom is -0.454 e. The minimum absolute atomic E-state index is 0.0883. The molecular formula is C29H19Br2N3O6. The van der Waals surface area contributed by atoms with Crippen molar-refractivity contribution in [2.24, 2.45) is 5.10 Å². The Kier molecular flexibility index (Phi) is 8.23. The number of carbonyl (C=O) groups excluding carboxylic acids is 3. The highest BCUT2D eigenvalue weighted by molar-refractivity contribution is 9.11. The van der Waals surface area contributed by atoms with E-state index in [0.29, 0.717) is 37.3 Å². The van der Waals surface area contributed by atoms with E-state index in [-0.39, 0.29) is 29.6 Å². The third-order valence-electron chi connectivity index (χ3n) is 5.63. The van der Waals surface area contributed by atoms with E-state index in [1.54, 1.807) is 78.9 Å². The quantitative estimate of drug-likeness (QED) is 0.106. The van der Waals surface area contributed by atoms with E-state index in [1.165, 1.54) is 6.21 Å². The number of nitrogens with one attached hydrogen (secondary N) is 2. The molecular weight excluding hydrogens is 646 g/mol. The molecule has 4 aromatic rings. The average molecular weight is 665 g/mol. The molecule has 0 saturated heterocycles. The lowest BCUT2D eigenvalue weighted by molar-refractivity contribution is 0.0732. The Morgan fingerprint density at radius 2 is 1.57 bits per heavy atom. The van der Waals surface area contributed by atoms with Gasteiger partial charge in [-0.25, -0.2) is 10.2 Å². The third kappa shape index (κ3) is 6.38. The van der Waals surface area contributed by atoms with E-state index < -0.39 is 11.9 Å². The summed E-state index contributed by atoms with van der Waals surface area (Å²) in [5.74, 6) is -0.199. The van der Waals surface area contributed by atoms with Crippen LogP contribution in [-0.4, -0.2) is 30.8 Å². The number of carbonyl (C=O) groups is 3. The number of hydrogen-bond acceptors (Lipinski definition) is 7. The van der Waals surface area contributed by atoms with Gasteiger partial charge in [-0.2, -0.15) is 5.10 Å². The second-order valence-electron chi connectivity index (χ2n) is 8.36. The maximum absolute atomic E-state index is 12.9. The van der Waals surface area contributed by atoms with E-state index in [2.05, 4.69) is 47.7 Å². The van der Waals surface area contributed by atoms with Crippen LogP contribution in [0.15, 0.2) is 99.0 Å². The van der Waals surface area contributed by atoms with Gasteiger partial charge in [-0.1, -0.05) is 40.2 Å². The Morgan fingerprint density at radius 1 is 0.800 bits per heavy atom. The van der Waals surface area contributed by atoms with E-state index in [1.807, 2.05) is 6.07 Å². The van der Waals surface area contributed by atoms with Crippen LogP contribution in [0.25, 0.3) is 0 Å². The summed E-state index contributed by atoms with van der Waals surface area (Å²) in [6, 6.07) is 23.4. The van der Waals surface area contributed by atoms with Crippen LogP contribution >= 0.6 is 31.9 Å². The van der Waals surface area contributed by atoms with Crippen molar-refractivity contribution in [1.82, 2.24) is 5.43 Å². The predicted octanol–water partition coefficient (Wildman–Crippen LogP) is 6.18. The smallest absolute Gasteiger partial charge is 0.343 e. The normalized spacial score (nSPS) is 11.8. The number of amides is 2. The van der Waals surface area contributed by atoms with Crippen molar-refractivity contribution < 1.29 is 28.6 Å². The fourth-order valence-corrected chi connectivity index (χ4v) is 5.05. The van der Waals surface area contributed by atoms with Crippen LogP contribution in [-0.2, 0) is 0 Å². The summed E-state index contributed by atoms with van der Waals surface area (Å²) >= 11 is 6.82. The zero-order chi connectivity index (χ0) is 28.1. The highest BCUT2D eigenvalue weighted by Crippen LogP contribution is 2.35. The van der Waals surface area contributed by atoms with Crippen LogP contribution in [0.1, 0.15) is 36.6 Å². The molecule has 5 rings (SSSR count). The number of nitrogens with zero attached hydrogens (tertiary/aromatic N) is 1. The molecule has 4 aromatic carbocycles. The molecule has 0 aliphatic carbocycles. The summed E-state index contributed by atoms with van der Waals surface area (Å²) in [5.41, 5.74) is 4.38. The van der Waals surface area contributed by atoms with Gasteiger partial charge in [0, 0.05) is 26.9 Å². The number of rotatable bonds is 7. The number of hydrogen-bond donors (Lipinski definition) is 2. The molecule has 0 fully saturated rings. The zero-order valence-electron chi connectivity index (χ0n) is 20.5. The van der Waals surface area contributed by atoms with Crippen LogP contribution in [0.4, 0.5) is 5.69 Å². The summed E-state index contributed by atoms with van der Waals surface area (Å²) in [6.45, 7) is 0.0883. The number of fused-ring (bicyclic) bond motifs is 1. The second kappa shape index (κ2) is 12.1. The molecule has 1 aliphatic rings. The Bertz CT molecular complexity index is 1640. The van der Waals surface area contributed by atoms with Gasteiger partial charge in [0.2, 0.25) is 6.79 Å². The lowest BCUT2D eigenvalue weighted by atomic mass is 10.1. The number of esters is 1. The first-order valence-corrected chi connectivity index (χ1v) is 13.4. The molecule has 2 amide bonds. The van der Waals surface area contributed by atoms with Gasteiger partial charge in [-0.3, -0.25) is 9.59 Å². The Hall–Kier alpha value is -4.48.